The second-order valence-corrected chi connectivity index (χ2v) is 5.59. The van der Waals surface area contributed by atoms with E-state index in [1.807, 2.05) is 13.1 Å². The lowest BCUT2D eigenvalue weighted by Crippen LogP contribution is -2.27. The minimum Gasteiger partial charge on any atom is -0.355 e. The summed E-state index contributed by atoms with van der Waals surface area (Å²) in [6.07, 6.45) is 2.76. The minimum atomic E-state index is -0.316. The molecule has 0 unspecified atom stereocenters. The molecule has 0 radical (unpaired) electrons. The third-order valence-electron chi connectivity index (χ3n) is 2.58. The summed E-state index contributed by atoms with van der Waals surface area (Å²) < 4.78 is 13.0. The molecule has 0 bridgehead atoms. The molecule has 0 saturated heterocycles. The van der Waals surface area contributed by atoms with Gasteiger partial charge in [-0.25, -0.2) is 9.37 Å². The first-order chi connectivity index (χ1) is 9.13. The third-order valence-corrected chi connectivity index (χ3v) is 3.56. The maximum atomic E-state index is 13.0. The molecule has 100 valence electrons. The zero-order chi connectivity index (χ0) is 13.7. The van der Waals surface area contributed by atoms with Gasteiger partial charge in [0.25, 0.3) is 0 Å². The van der Waals surface area contributed by atoms with Crippen molar-refractivity contribution in [2.75, 3.05) is 6.54 Å². The molecule has 0 aliphatic heterocycles. The molecule has 2 aromatic rings. The highest BCUT2D eigenvalue weighted by Gasteiger charge is 2.05. The van der Waals surface area contributed by atoms with Crippen molar-refractivity contribution in [3.63, 3.8) is 0 Å². The van der Waals surface area contributed by atoms with Gasteiger partial charge >= 0.3 is 0 Å². The van der Waals surface area contributed by atoms with Gasteiger partial charge in [-0.3, -0.25) is 4.79 Å². The average Bonchev–Trinajstić information content (AvgIpc) is 2.75. The average molecular weight is 278 g/mol. The van der Waals surface area contributed by atoms with Gasteiger partial charge < -0.3 is 5.32 Å². The molecule has 1 aromatic heterocycles. The lowest BCUT2D eigenvalue weighted by Gasteiger charge is -2.04. The minimum absolute atomic E-state index is 0.0983. The Labute approximate surface area is 115 Å². The van der Waals surface area contributed by atoms with Crippen LogP contribution in [0.5, 0.6) is 0 Å². The van der Waals surface area contributed by atoms with Crippen molar-refractivity contribution in [3.05, 3.63) is 51.7 Å². The van der Waals surface area contributed by atoms with Crippen LogP contribution in [0.15, 0.2) is 30.5 Å². The Morgan fingerprint density at radius 3 is 3.00 bits per heavy atom. The fourth-order valence-electron chi connectivity index (χ4n) is 1.72. The van der Waals surface area contributed by atoms with Crippen molar-refractivity contribution >= 4 is 17.2 Å². The Hall–Kier alpha value is -1.75. The number of thiazole rings is 1. The molecule has 0 aliphatic carbocycles. The molecule has 1 amide bonds. The van der Waals surface area contributed by atoms with Gasteiger partial charge in [-0.15, -0.1) is 11.3 Å². The van der Waals surface area contributed by atoms with E-state index in [0.29, 0.717) is 12.1 Å². The third kappa shape index (κ3) is 4.44. The number of hydrogen-bond donors (Lipinski definition) is 1. The van der Waals surface area contributed by atoms with Crippen molar-refractivity contribution in [2.24, 2.45) is 0 Å². The Morgan fingerprint density at radius 1 is 1.47 bits per heavy atom. The molecular formula is C14H15FN2OS. The molecule has 0 atom stereocenters. The number of nitrogens with zero attached hydrogens (tertiary/aromatic N) is 1. The normalized spacial score (nSPS) is 10.4. The Balaban J connectivity index is 1.76. The summed E-state index contributed by atoms with van der Waals surface area (Å²) in [5.41, 5.74) is 0.683. The summed E-state index contributed by atoms with van der Waals surface area (Å²) >= 11 is 1.63. The van der Waals surface area contributed by atoms with Crippen LogP contribution in [0.25, 0.3) is 0 Å². The highest BCUT2D eigenvalue weighted by molar-refractivity contribution is 7.11. The van der Waals surface area contributed by atoms with Gasteiger partial charge in [0.2, 0.25) is 5.91 Å². The van der Waals surface area contributed by atoms with Gasteiger partial charge in [0, 0.05) is 24.0 Å². The SMILES string of the molecule is Cc1cnc(CCNC(=O)Cc2cccc(F)c2)s1. The summed E-state index contributed by atoms with van der Waals surface area (Å²) in [5.74, 6) is -0.414. The van der Waals surface area contributed by atoms with Crippen LogP contribution in [0.3, 0.4) is 0 Å². The second-order valence-electron chi connectivity index (χ2n) is 4.27. The summed E-state index contributed by atoms with van der Waals surface area (Å²) in [6, 6.07) is 6.10. The van der Waals surface area contributed by atoms with Gasteiger partial charge in [-0.05, 0) is 24.6 Å². The topological polar surface area (TPSA) is 42.0 Å². The molecule has 1 N–H and O–H groups in total. The molecule has 1 aromatic carbocycles. The van der Waals surface area contributed by atoms with Gasteiger partial charge in [-0.2, -0.15) is 0 Å². The fraction of sp³-hybridized carbons (Fsp3) is 0.286. The molecule has 0 saturated carbocycles. The highest BCUT2D eigenvalue weighted by atomic mass is 32.1. The molecule has 5 heteroatoms. The summed E-state index contributed by atoms with van der Waals surface area (Å²) in [7, 11) is 0. The second kappa shape index (κ2) is 6.43. The Kier molecular flexibility index (Phi) is 4.63. The number of halogens is 1. The van der Waals surface area contributed by atoms with Crippen LogP contribution < -0.4 is 5.32 Å². The van der Waals surface area contributed by atoms with Gasteiger partial charge in [-0.1, -0.05) is 12.1 Å². The van der Waals surface area contributed by atoms with Crippen LogP contribution in [-0.4, -0.2) is 17.4 Å². The van der Waals surface area contributed by atoms with E-state index >= 15 is 0 Å². The molecule has 3 nitrogen and oxygen atoms in total. The van der Waals surface area contributed by atoms with Crippen molar-refractivity contribution in [1.82, 2.24) is 10.3 Å². The lowest BCUT2D eigenvalue weighted by molar-refractivity contribution is -0.120. The number of aromatic nitrogens is 1. The van der Waals surface area contributed by atoms with Crippen LogP contribution in [0.1, 0.15) is 15.4 Å². The summed E-state index contributed by atoms with van der Waals surface area (Å²) in [4.78, 5) is 17.1. The first kappa shape index (κ1) is 13.7. The summed E-state index contributed by atoms with van der Waals surface area (Å²) in [6.45, 7) is 2.56. The van der Waals surface area contributed by atoms with Crippen LogP contribution >= 0.6 is 11.3 Å². The molecule has 19 heavy (non-hydrogen) atoms. The van der Waals surface area contributed by atoms with Crippen molar-refractivity contribution < 1.29 is 9.18 Å². The predicted octanol–water partition coefficient (Wildman–Crippen LogP) is 2.49. The van der Waals surface area contributed by atoms with E-state index in [1.54, 1.807) is 23.5 Å². The number of benzene rings is 1. The van der Waals surface area contributed by atoms with E-state index in [9.17, 15) is 9.18 Å². The van der Waals surface area contributed by atoms with Crippen LogP contribution in [0, 0.1) is 12.7 Å². The largest absolute Gasteiger partial charge is 0.355 e. The van der Waals surface area contributed by atoms with Gasteiger partial charge in [0.05, 0.1) is 11.4 Å². The molecule has 1 heterocycles. The fourth-order valence-corrected chi connectivity index (χ4v) is 2.51. The van der Waals surface area contributed by atoms with Crippen LogP contribution in [-0.2, 0) is 17.6 Å². The van der Waals surface area contributed by atoms with E-state index < -0.39 is 0 Å². The van der Waals surface area contributed by atoms with Gasteiger partial charge in [0.15, 0.2) is 0 Å². The zero-order valence-electron chi connectivity index (χ0n) is 10.6. The highest BCUT2D eigenvalue weighted by Crippen LogP contribution is 2.11. The number of hydrogen-bond acceptors (Lipinski definition) is 3. The molecule has 0 fully saturated rings. The Bertz CT molecular complexity index is 568. The maximum absolute atomic E-state index is 13.0. The van der Waals surface area contributed by atoms with Gasteiger partial charge in [0.1, 0.15) is 5.82 Å². The lowest BCUT2D eigenvalue weighted by atomic mass is 10.1. The first-order valence-corrected chi connectivity index (χ1v) is 6.87. The summed E-state index contributed by atoms with van der Waals surface area (Å²) in [5, 5.41) is 3.83. The predicted molar refractivity (Wildman–Crippen MR) is 73.7 cm³/mol. The van der Waals surface area contributed by atoms with Crippen molar-refractivity contribution in [1.29, 1.82) is 0 Å². The maximum Gasteiger partial charge on any atom is 0.224 e. The Morgan fingerprint density at radius 2 is 2.32 bits per heavy atom. The monoisotopic (exact) mass is 278 g/mol. The number of amides is 1. The van der Waals surface area contributed by atoms with Crippen LogP contribution in [0.2, 0.25) is 0 Å². The number of carbonyl (C=O) groups excluding carboxylic acids is 1. The van der Waals surface area contributed by atoms with E-state index in [-0.39, 0.29) is 18.1 Å². The zero-order valence-corrected chi connectivity index (χ0v) is 11.5. The van der Waals surface area contributed by atoms with E-state index in [2.05, 4.69) is 10.3 Å². The van der Waals surface area contributed by atoms with Crippen molar-refractivity contribution in [2.45, 2.75) is 19.8 Å². The standard InChI is InChI=1S/C14H15FN2OS/c1-10-9-17-14(19-10)5-6-16-13(18)8-11-3-2-4-12(15)7-11/h2-4,7,9H,5-6,8H2,1H3,(H,16,18). The molecule has 0 aliphatic rings. The number of carbonyl (C=O) groups is 1. The van der Waals surface area contributed by atoms with E-state index in [4.69, 9.17) is 0 Å². The first-order valence-electron chi connectivity index (χ1n) is 6.06. The number of nitrogens with one attached hydrogen (secondary N) is 1. The van der Waals surface area contributed by atoms with E-state index in [1.165, 1.54) is 17.0 Å². The molecular weight excluding hydrogens is 263 g/mol. The quantitative estimate of drug-likeness (QED) is 0.913. The smallest absolute Gasteiger partial charge is 0.224 e. The van der Waals surface area contributed by atoms with Crippen LogP contribution in [0.4, 0.5) is 4.39 Å². The molecule has 2 rings (SSSR count). The van der Waals surface area contributed by atoms with Crippen molar-refractivity contribution in [3.8, 4) is 0 Å². The van der Waals surface area contributed by atoms with E-state index in [0.717, 1.165) is 11.4 Å². The molecule has 0 spiro atoms. The number of aryl methyl sites for hydroxylation is 1. The number of rotatable bonds is 5.